The van der Waals surface area contributed by atoms with E-state index in [0.29, 0.717) is 6.10 Å². The number of hydrogen-bond donors (Lipinski definition) is 2. The molecule has 0 spiro atoms. The Morgan fingerprint density at radius 1 is 1.37 bits per heavy atom. The highest BCUT2D eigenvalue weighted by atomic mass is 16.5. The molecule has 1 saturated heterocycles. The van der Waals surface area contributed by atoms with E-state index in [0.717, 1.165) is 38.0 Å². The van der Waals surface area contributed by atoms with Crippen LogP contribution in [0.2, 0.25) is 0 Å². The number of benzene rings is 1. The van der Waals surface area contributed by atoms with Gasteiger partial charge in [0.1, 0.15) is 0 Å². The summed E-state index contributed by atoms with van der Waals surface area (Å²) in [6.07, 6.45) is 2.52. The lowest BCUT2D eigenvalue weighted by Gasteiger charge is -2.33. The Labute approximate surface area is 115 Å². The van der Waals surface area contributed by atoms with Crippen molar-refractivity contribution in [1.29, 1.82) is 5.41 Å². The lowest BCUT2D eigenvalue weighted by molar-refractivity contribution is 0.0408. The molecule has 0 bridgehead atoms. The van der Waals surface area contributed by atoms with E-state index in [9.17, 15) is 0 Å². The van der Waals surface area contributed by atoms with Gasteiger partial charge in [0.25, 0.3) is 0 Å². The van der Waals surface area contributed by atoms with E-state index < -0.39 is 0 Å². The van der Waals surface area contributed by atoms with Gasteiger partial charge in [-0.2, -0.15) is 0 Å². The number of amidine groups is 1. The standard InChI is InChI=1S/C15H23N3O/c1-19-13-7-9-18(10-8-13)11-14(15(16)17)12-5-3-2-4-6-12/h2-6,13-14H,7-11H2,1H3,(H3,16,17). The monoisotopic (exact) mass is 261 g/mol. The third kappa shape index (κ3) is 3.78. The summed E-state index contributed by atoms with van der Waals surface area (Å²) in [6, 6.07) is 10.1. The number of ether oxygens (including phenoxy) is 1. The van der Waals surface area contributed by atoms with Crippen LogP contribution in [-0.4, -0.2) is 43.6 Å². The van der Waals surface area contributed by atoms with E-state index in [1.165, 1.54) is 0 Å². The molecule has 4 nitrogen and oxygen atoms in total. The second-order valence-corrected chi connectivity index (χ2v) is 5.15. The normalized spacial score (nSPS) is 19.2. The molecule has 1 aromatic rings. The van der Waals surface area contributed by atoms with Crippen molar-refractivity contribution >= 4 is 5.84 Å². The summed E-state index contributed by atoms with van der Waals surface area (Å²) in [5.41, 5.74) is 6.90. The molecule has 0 amide bonds. The van der Waals surface area contributed by atoms with Gasteiger partial charge in [-0.1, -0.05) is 30.3 Å². The van der Waals surface area contributed by atoms with Gasteiger partial charge in [-0.3, -0.25) is 5.41 Å². The number of hydrogen-bond acceptors (Lipinski definition) is 3. The van der Waals surface area contributed by atoms with Gasteiger partial charge in [-0.25, -0.2) is 0 Å². The summed E-state index contributed by atoms with van der Waals surface area (Å²) in [5, 5.41) is 7.81. The van der Waals surface area contributed by atoms with Crippen molar-refractivity contribution < 1.29 is 4.74 Å². The first-order valence-corrected chi connectivity index (χ1v) is 6.84. The fourth-order valence-corrected chi connectivity index (χ4v) is 2.65. The predicted octanol–water partition coefficient (Wildman–Crippen LogP) is 1.82. The largest absolute Gasteiger partial charge is 0.387 e. The summed E-state index contributed by atoms with van der Waals surface area (Å²) in [5.74, 6) is 0.250. The van der Waals surface area contributed by atoms with Gasteiger partial charge < -0.3 is 15.4 Å². The molecule has 1 unspecified atom stereocenters. The Kier molecular flexibility index (Phi) is 4.93. The van der Waals surface area contributed by atoms with Crippen molar-refractivity contribution in [2.24, 2.45) is 5.73 Å². The van der Waals surface area contributed by atoms with Crippen molar-refractivity contribution in [3.8, 4) is 0 Å². The van der Waals surface area contributed by atoms with E-state index in [4.69, 9.17) is 15.9 Å². The molecule has 1 aliphatic heterocycles. The molecule has 0 aromatic heterocycles. The van der Waals surface area contributed by atoms with Crippen molar-refractivity contribution in [2.75, 3.05) is 26.7 Å². The Bertz CT molecular complexity index is 399. The van der Waals surface area contributed by atoms with E-state index >= 15 is 0 Å². The van der Waals surface area contributed by atoms with Crippen molar-refractivity contribution in [3.05, 3.63) is 35.9 Å². The van der Waals surface area contributed by atoms with Crippen LogP contribution in [0.1, 0.15) is 24.3 Å². The van der Waals surface area contributed by atoms with Crippen molar-refractivity contribution in [3.63, 3.8) is 0 Å². The maximum absolute atomic E-state index is 7.81. The summed E-state index contributed by atoms with van der Waals surface area (Å²) in [7, 11) is 1.78. The van der Waals surface area contributed by atoms with E-state index in [2.05, 4.69) is 4.90 Å². The summed E-state index contributed by atoms with van der Waals surface area (Å²) in [4.78, 5) is 2.38. The van der Waals surface area contributed by atoms with Gasteiger partial charge in [0, 0.05) is 26.7 Å². The van der Waals surface area contributed by atoms with Crippen LogP contribution in [0.5, 0.6) is 0 Å². The second kappa shape index (κ2) is 6.68. The number of nitrogens with one attached hydrogen (secondary N) is 1. The van der Waals surface area contributed by atoms with Crippen LogP contribution in [-0.2, 0) is 4.74 Å². The van der Waals surface area contributed by atoms with Gasteiger partial charge in [0.2, 0.25) is 0 Å². The molecular formula is C15H23N3O. The summed E-state index contributed by atoms with van der Waals surface area (Å²) >= 11 is 0. The zero-order valence-corrected chi connectivity index (χ0v) is 11.5. The number of likely N-dealkylation sites (tertiary alicyclic amines) is 1. The van der Waals surface area contributed by atoms with Gasteiger partial charge in [0.15, 0.2) is 0 Å². The Hall–Kier alpha value is -1.39. The SMILES string of the molecule is COC1CCN(CC(C(=N)N)c2ccccc2)CC1. The average molecular weight is 261 g/mol. The van der Waals surface area contributed by atoms with Crippen molar-refractivity contribution in [2.45, 2.75) is 24.9 Å². The van der Waals surface area contributed by atoms with Gasteiger partial charge in [0.05, 0.1) is 17.9 Å². The van der Waals surface area contributed by atoms with Crippen LogP contribution >= 0.6 is 0 Å². The molecule has 1 fully saturated rings. The molecule has 104 valence electrons. The average Bonchev–Trinajstić information content (AvgIpc) is 2.46. The van der Waals surface area contributed by atoms with Gasteiger partial charge in [-0.15, -0.1) is 0 Å². The van der Waals surface area contributed by atoms with Crippen LogP contribution < -0.4 is 5.73 Å². The fraction of sp³-hybridized carbons (Fsp3) is 0.533. The van der Waals surface area contributed by atoms with Gasteiger partial charge in [-0.05, 0) is 18.4 Å². The first-order valence-electron chi connectivity index (χ1n) is 6.84. The lowest BCUT2D eigenvalue weighted by Crippen LogP contribution is -2.41. The number of methoxy groups -OCH3 is 1. The zero-order chi connectivity index (χ0) is 13.7. The maximum Gasteiger partial charge on any atom is 0.0995 e. The second-order valence-electron chi connectivity index (χ2n) is 5.15. The lowest BCUT2D eigenvalue weighted by atomic mass is 9.96. The molecular weight excluding hydrogens is 238 g/mol. The zero-order valence-electron chi connectivity index (χ0n) is 11.5. The molecule has 2 rings (SSSR count). The predicted molar refractivity (Wildman–Crippen MR) is 77.6 cm³/mol. The van der Waals surface area contributed by atoms with E-state index in [1.807, 2.05) is 30.3 Å². The number of nitrogens with zero attached hydrogens (tertiary/aromatic N) is 1. The minimum absolute atomic E-state index is 0.000273. The highest BCUT2D eigenvalue weighted by molar-refractivity contribution is 5.84. The van der Waals surface area contributed by atoms with Gasteiger partial charge >= 0.3 is 0 Å². The molecule has 1 heterocycles. The first-order chi connectivity index (χ1) is 9.20. The van der Waals surface area contributed by atoms with Crippen LogP contribution in [0.3, 0.4) is 0 Å². The van der Waals surface area contributed by atoms with Crippen LogP contribution in [0.15, 0.2) is 30.3 Å². The molecule has 1 aromatic carbocycles. The minimum atomic E-state index is 0.000273. The maximum atomic E-state index is 7.81. The smallest absolute Gasteiger partial charge is 0.0995 e. The summed E-state index contributed by atoms with van der Waals surface area (Å²) in [6.45, 7) is 2.88. The molecule has 1 atom stereocenters. The highest BCUT2D eigenvalue weighted by Crippen LogP contribution is 2.20. The quantitative estimate of drug-likeness (QED) is 0.628. The molecule has 3 N–H and O–H groups in total. The molecule has 19 heavy (non-hydrogen) atoms. The number of rotatable bonds is 5. The summed E-state index contributed by atoms with van der Waals surface area (Å²) < 4.78 is 5.38. The van der Waals surface area contributed by atoms with E-state index in [-0.39, 0.29) is 11.8 Å². The van der Waals surface area contributed by atoms with Crippen LogP contribution in [0.25, 0.3) is 0 Å². The Balaban J connectivity index is 1.97. The number of piperidine rings is 1. The molecule has 4 heteroatoms. The minimum Gasteiger partial charge on any atom is -0.387 e. The molecule has 0 saturated carbocycles. The third-order valence-corrected chi connectivity index (χ3v) is 3.89. The Morgan fingerprint density at radius 2 is 2.00 bits per heavy atom. The van der Waals surface area contributed by atoms with Crippen LogP contribution in [0, 0.1) is 5.41 Å². The topological polar surface area (TPSA) is 62.3 Å². The molecule has 1 aliphatic rings. The van der Waals surface area contributed by atoms with Crippen molar-refractivity contribution in [1.82, 2.24) is 4.90 Å². The molecule has 0 aliphatic carbocycles. The Morgan fingerprint density at radius 3 is 2.53 bits per heavy atom. The van der Waals surface area contributed by atoms with Crippen LogP contribution in [0.4, 0.5) is 0 Å². The fourth-order valence-electron chi connectivity index (χ4n) is 2.65. The first kappa shape index (κ1) is 14.0. The number of nitrogens with two attached hydrogens (primary N) is 1. The highest BCUT2D eigenvalue weighted by Gasteiger charge is 2.23. The molecule has 0 radical (unpaired) electrons. The van der Waals surface area contributed by atoms with E-state index in [1.54, 1.807) is 7.11 Å². The third-order valence-electron chi connectivity index (χ3n) is 3.89.